The summed E-state index contributed by atoms with van der Waals surface area (Å²) in [6.07, 6.45) is 32.0. The minimum absolute atomic E-state index is 0.147. The van der Waals surface area contributed by atoms with Gasteiger partial charge in [-0.25, -0.2) is 0 Å². The number of hydrogen-bond acceptors (Lipinski definition) is 4. The monoisotopic (exact) mass is 574 g/mol. The van der Waals surface area contributed by atoms with Crippen LogP contribution in [0.2, 0.25) is 0 Å². The summed E-state index contributed by atoms with van der Waals surface area (Å²) in [6, 6.07) is 0. The van der Waals surface area contributed by atoms with Crippen molar-refractivity contribution in [2.75, 3.05) is 25.6 Å². The van der Waals surface area contributed by atoms with Crippen LogP contribution >= 0.6 is 10.6 Å². The average Bonchev–Trinajstić information content (AvgIpc) is 2.88. The van der Waals surface area contributed by atoms with Gasteiger partial charge in [-0.05, 0) is 98.6 Å². The molecule has 0 aromatic heterocycles. The van der Waals surface area contributed by atoms with Crippen molar-refractivity contribution < 1.29 is 13.5 Å². The third-order valence-corrected chi connectivity index (χ3v) is 9.15. The van der Waals surface area contributed by atoms with Crippen LogP contribution in [-0.2, 0) is 8.37 Å². The van der Waals surface area contributed by atoms with E-state index in [9.17, 15) is 0 Å². The van der Waals surface area contributed by atoms with Crippen molar-refractivity contribution in [1.29, 1.82) is 0 Å². The number of hydrogen-bond donors (Lipinski definition) is 2. The maximum Gasteiger partial charge on any atom is 0.0796 e. The normalized spacial score (nSPS) is 16.5. The second kappa shape index (κ2) is 30.6. The second-order valence-corrected chi connectivity index (χ2v) is 14.0. The molecule has 0 amide bonds. The Morgan fingerprint density at radius 3 is 1.74 bits per heavy atom. The van der Waals surface area contributed by atoms with E-state index in [2.05, 4.69) is 70.5 Å². The molecule has 0 spiro atoms. The van der Waals surface area contributed by atoms with E-state index in [1.165, 1.54) is 77.0 Å². The van der Waals surface area contributed by atoms with Crippen LogP contribution in [-0.4, -0.2) is 49.0 Å². The predicted molar refractivity (Wildman–Crippen MR) is 179 cm³/mol. The van der Waals surface area contributed by atoms with E-state index in [0.29, 0.717) is 6.10 Å². The first kappa shape index (κ1) is 40.8. The van der Waals surface area contributed by atoms with Crippen molar-refractivity contribution in [1.82, 2.24) is 5.32 Å². The van der Waals surface area contributed by atoms with Gasteiger partial charge in [0.15, 0.2) is 0 Å². The Kier molecular flexibility index (Phi) is 32.0. The summed E-state index contributed by atoms with van der Waals surface area (Å²) in [5.74, 6) is 1.07. The summed E-state index contributed by atoms with van der Waals surface area (Å²) in [5.41, 5.74) is 0. The lowest BCUT2D eigenvalue weighted by atomic mass is 10.1. The Morgan fingerprint density at radius 2 is 1.18 bits per heavy atom. The quantitative estimate of drug-likeness (QED) is 0.0798. The summed E-state index contributed by atoms with van der Waals surface area (Å²) in [7, 11) is 0.581. The molecule has 0 aliphatic heterocycles. The summed E-state index contributed by atoms with van der Waals surface area (Å²) < 4.78 is 13.0. The zero-order valence-corrected chi connectivity index (χ0v) is 28.5. The highest BCUT2D eigenvalue weighted by Crippen LogP contribution is 2.50. The highest BCUT2D eigenvalue weighted by atomic mass is 32.3. The fraction of sp³-hybridized carbons (Fsp3) is 0.882. The fourth-order valence-electron chi connectivity index (χ4n) is 4.31. The molecular weight excluding hydrogens is 502 g/mol. The standard InChI is InChI=1S/C24H51NO2S.C10H20O/c1-7-9-10-11-12-13-16-20-24(4)27-28(6,26-23(3)19-8-2)22-18-15-14-17-21-25-5;1-3-4-5-6-7-8-9-10(2)11/h12-13,23-25H,7-11,14-22H2,1-6H3;6-7,10-11H,3-5,8-9H2,1-2H3/b13-12-;7-6-. The van der Waals surface area contributed by atoms with Gasteiger partial charge in [-0.15, -0.1) is 0 Å². The number of aliphatic hydroxyl groups is 1. The SMILES string of the molecule is CCCC/C=C\CCC(C)O.CCCCC/C=C\CCC(C)OS(C)(CCCCCCNC)OC(C)CCC. The summed E-state index contributed by atoms with van der Waals surface area (Å²) in [5, 5.41) is 12.2. The van der Waals surface area contributed by atoms with E-state index in [-0.39, 0.29) is 12.2 Å². The molecule has 39 heavy (non-hydrogen) atoms. The molecule has 2 N–H and O–H groups in total. The lowest BCUT2D eigenvalue weighted by Crippen LogP contribution is -2.22. The molecular formula is C34H71NO3S. The molecule has 4 nitrogen and oxygen atoms in total. The van der Waals surface area contributed by atoms with Gasteiger partial charge >= 0.3 is 0 Å². The first-order chi connectivity index (χ1) is 18.7. The van der Waals surface area contributed by atoms with Gasteiger partial charge in [0, 0.05) is 12.0 Å². The van der Waals surface area contributed by atoms with Crippen LogP contribution in [0.4, 0.5) is 0 Å². The highest BCUT2D eigenvalue weighted by Gasteiger charge is 2.21. The Hall–Kier alpha value is -0.330. The molecule has 5 heteroatoms. The van der Waals surface area contributed by atoms with Crippen molar-refractivity contribution in [3.63, 3.8) is 0 Å². The lowest BCUT2D eigenvalue weighted by molar-refractivity contribution is 0.158. The van der Waals surface area contributed by atoms with Crippen LogP contribution < -0.4 is 5.32 Å². The average molecular weight is 574 g/mol. The van der Waals surface area contributed by atoms with Crippen molar-refractivity contribution in [2.24, 2.45) is 0 Å². The van der Waals surface area contributed by atoms with E-state index in [1.807, 2.05) is 14.0 Å². The number of nitrogens with one attached hydrogen (secondary N) is 1. The lowest BCUT2D eigenvalue weighted by Gasteiger charge is -2.43. The van der Waals surface area contributed by atoms with Crippen LogP contribution in [0.1, 0.15) is 151 Å². The van der Waals surface area contributed by atoms with Gasteiger partial charge in [0.25, 0.3) is 0 Å². The first-order valence-electron chi connectivity index (χ1n) is 16.5. The zero-order valence-electron chi connectivity index (χ0n) is 27.6. The largest absolute Gasteiger partial charge is 0.393 e. The molecule has 0 radical (unpaired) electrons. The Bertz CT molecular complexity index is 541. The van der Waals surface area contributed by atoms with Crippen molar-refractivity contribution in [2.45, 2.75) is 169 Å². The molecule has 0 aromatic carbocycles. The zero-order chi connectivity index (χ0) is 29.6. The molecule has 4 unspecified atom stereocenters. The van der Waals surface area contributed by atoms with Gasteiger partial charge in [-0.2, -0.15) is 10.6 Å². The van der Waals surface area contributed by atoms with Gasteiger partial charge in [0.05, 0.1) is 18.3 Å². The molecule has 0 rings (SSSR count). The Morgan fingerprint density at radius 1 is 0.641 bits per heavy atom. The maximum atomic E-state index is 8.92. The third kappa shape index (κ3) is 32.1. The van der Waals surface area contributed by atoms with E-state index in [0.717, 1.165) is 44.4 Å². The minimum Gasteiger partial charge on any atom is -0.393 e. The minimum atomic E-state index is -1.45. The van der Waals surface area contributed by atoms with Crippen LogP contribution in [0.25, 0.3) is 0 Å². The molecule has 0 heterocycles. The van der Waals surface area contributed by atoms with Gasteiger partial charge < -0.3 is 10.4 Å². The fourth-order valence-corrected chi connectivity index (χ4v) is 6.86. The molecule has 0 aliphatic carbocycles. The number of aliphatic hydroxyl groups excluding tert-OH is 1. The van der Waals surface area contributed by atoms with Crippen LogP contribution in [0, 0.1) is 0 Å². The van der Waals surface area contributed by atoms with E-state index < -0.39 is 10.6 Å². The molecule has 4 atom stereocenters. The Labute approximate surface area is 247 Å². The number of unbranched alkanes of at least 4 members (excludes halogenated alkanes) is 8. The molecule has 0 aromatic rings. The second-order valence-electron chi connectivity index (χ2n) is 11.3. The molecule has 0 saturated heterocycles. The summed E-state index contributed by atoms with van der Waals surface area (Å²) >= 11 is 0. The predicted octanol–water partition coefficient (Wildman–Crippen LogP) is 10.5. The van der Waals surface area contributed by atoms with Crippen molar-refractivity contribution >= 4 is 10.6 Å². The van der Waals surface area contributed by atoms with E-state index in [4.69, 9.17) is 13.5 Å². The van der Waals surface area contributed by atoms with Gasteiger partial charge in [0.2, 0.25) is 0 Å². The van der Waals surface area contributed by atoms with E-state index >= 15 is 0 Å². The molecule has 0 saturated carbocycles. The highest BCUT2D eigenvalue weighted by molar-refractivity contribution is 8.25. The van der Waals surface area contributed by atoms with Crippen molar-refractivity contribution in [3.8, 4) is 0 Å². The first-order valence-corrected chi connectivity index (χ1v) is 18.6. The van der Waals surface area contributed by atoms with E-state index in [1.54, 1.807) is 0 Å². The van der Waals surface area contributed by atoms with Crippen LogP contribution in [0.5, 0.6) is 0 Å². The Balaban J connectivity index is 0. The topological polar surface area (TPSA) is 50.7 Å². The molecule has 0 bridgehead atoms. The van der Waals surface area contributed by atoms with Crippen LogP contribution in [0.3, 0.4) is 0 Å². The number of allylic oxidation sites excluding steroid dienone is 4. The molecule has 0 fully saturated rings. The summed E-state index contributed by atoms with van der Waals surface area (Å²) in [4.78, 5) is 0. The molecule has 0 aliphatic rings. The van der Waals surface area contributed by atoms with Gasteiger partial charge in [-0.1, -0.05) is 90.0 Å². The van der Waals surface area contributed by atoms with Crippen LogP contribution in [0.15, 0.2) is 24.3 Å². The smallest absolute Gasteiger partial charge is 0.0796 e. The third-order valence-electron chi connectivity index (χ3n) is 6.65. The van der Waals surface area contributed by atoms with Crippen molar-refractivity contribution in [3.05, 3.63) is 24.3 Å². The van der Waals surface area contributed by atoms with Gasteiger partial charge in [0.1, 0.15) is 0 Å². The maximum absolute atomic E-state index is 8.92. The van der Waals surface area contributed by atoms with Gasteiger partial charge in [-0.3, -0.25) is 8.37 Å². The molecule has 236 valence electrons. The number of rotatable bonds is 26. The summed E-state index contributed by atoms with van der Waals surface area (Å²) in [6.45, 7) is 14.1.